The molecule has 12 heteroatoms. The number of methoxy groups -OCH3 is 1. The lowest BCUT2D eigenvalue weighted by molar-refractivity contribution is -0.119. The maximum Gasteiger partial charge on any atom is 0.264 e. The summed E-state index contributed by atoms with van der Waals surface area (Å²) in [6, 6.07) is 18.6. The second kappa shape index (κ2) is 12.7. The van der Waals surface area contributed by atoms with E-state index >= 15 is 0 Å². The Morgan fingerprint density at radius 1 is 1.07 bits per heavy atom. The van der Waals surface area contributed by atoms with Gasteiger partial charge in [-0.05, 0) is 85.2 Å². The highest BCUT2D eigenvalue weighted by atomic mass is 79.9. The van der Waals surface area contributed by atoms with Gasteiger partial charge in [0.15, 0.2) is 0 Å². The average Bonchev–Trinajstić information content (AvgIpc) is 3.21. The minimum Gasteiger partial charge on any atom is -0.496 e. The van der Waals surface area contributed by atoms with Crippen molar-refractivity contribution < 1.29 is 17.9 Å². The number of carbonyl (C=O) groups excluding carboxylic acids is 1. The van der Waals surface area contributed by atoms with Crippen LogP contribution >= 0.6 is 39.1 Å². The smallest absolute Gasteiger partial charge is 0.264 e. The Hall–Kier alpha value is -3.31. The Balaban J connectivity index is 1.58. The first-order chi connectivity index (χ1) is 19.4. The summed E-state index contributed by atoms with van der Waals surface area (Å²) in [4.78, 5) is 13.0. The van der Waals surface area contributed by atoms with Crippen LogP contribution < -0.4 is 14.5 Å². The topological polar surface area (TPSA) is 93.0 Å². The van der Waals surface area contributed by atoms with E-state index in [4.69, 9.17) is 27.9 Å². The van der Waals surface area contributed by atoms with Gasteiger partial charge >= 0.3 is 0 Å². The Morgan fingerprint density at radius 2 is 1.78 bits per heavy atom. The summed E-state index contributed by atoms with van der Waals surface area (Å²) >= 11 is 16.0. The molecular formula is C29H27BrCl2N4O4S. The van der Waals surface area contributed by atoms with Gasteiger partial charge in [-0.15, -0.1) is 0 Å². The zero-order valence-corrected chi connectivity index (χ0v) is 26.6. The first-order valence-corrected chi connectivity index (χ1v) is 15.3. The fourth-order valence-corrected chi connectivity index (χ4v) is 6.77. The highest BCUT2D eigenvalue weighted by Crippen LogP contribution is 2.32. The van der Waals surface area contributed by atoms with Crippen LogP contribution in [0.25, 0.3) is 5.69 Å². The number of halogens is 3. The predicted octanol–water partition coefficient (Wildman–Crippen LogP) is 6.83. The van der Waals surface area contributed by atoms with E-state index in [1.54, 1.807) is 36.4 Å². The van der Waals surface area contributed by atoms with Gasteiger partial charge in [-0.25, -0.2) is 13.8 Å². The van der Waals surface area contributed by atoms with Gasteiger partial charge in [-0.3, -0.25) is 9.10 Å². The van der Waals surface area contributed by atoms with Crippen molar-refractivity contribution in [1.29, 1.82) is 0 Å². The molecule has 0 fully saturated rings. The molecule has 0 aliphatic heterocycles. The minimum atomic E-state index is -4.13. The van der Waals surface area contributed by atoms with Crippen molar-refractivity contribution in [2.75, 3.05) is 18.0 Å². The zero-order valence-electron chi connectivity index (χ0n) is 22.7. The lowest BCUT2D eigenvalue weighted by Gasteiger charge is -2.24. The molecule has 1 aromatic heterocycles. The molecule has 1 N–H and O–H groups in total. The first kappa shape index (κ1) is 30.6. The second-order valence-corrected chi connectivity index (χ2v) is 12.7. The van der Waals surface area contributed by atoms with Gasteiger partial charge in [0.1, 0.15) is 12.3 Å². The third-order valence-corrected chi connectivity index (χ3v) is 9.55. The zero-order chi connectivity index (χ0) is 29.9. The number of amides is 1. The number of hydrogen-bond donors (Lipinski definition) is 1. The molecule has 8 nitrogen and oxygen atoms in total. The molecule has 0 radical (unpaired) electrons. The Kier molecular flexibility index (Phi) is 9.48. The average molecular weight is 678 g/mol. The predicted molar refractivity (Wildman–Crippen MR) is 167 cm³/mol. The molecule has 0 saturated carbocycles. The van der Waals surface area contributed by atoms with Crippen molar-refractivity contribution in [3.05, 3.63) is 104 Å². The number of hydrazone groups is 1. The SMILES string of the molecule is COc1ccc(S(=O)(=O)N(CC(=O)N/N=C\c2cc(C)n(-c3cccc(Cl)c3Cl)c2C)c2ccc(C)cc2)cc1Br. The van der Waals surface area contributed by atoms with Crippen LogP contribution in [0.1, 0.15) is 22.5 Å². The molecule has 4 aromatic rings. The Morgan fingerprint density at radius 3 is 2.44 bits per heavy atom. The molecule has 1 amide bonds. The van der Waals surface area contributed by atoms with E-state index in [9.17, 15) is 13.2 Å². The summed E-state index contributed by atoms with van der Waals surface area (Å²) < 4.78 is 36.1. The molecular weight excluding hydrogens is 651 g/mol. The fourth-order valence-electron chi connectivity index (χ4n) is 4.25. The maximum absolute atomic E-state index is 13.7. The standard InChI is InChI=1S/C29H27BrCl2N4O4S/c1-18-8-10-22(11-9-18)35(41(38,39)23-12-13-27(40-4)24(30)15-23)17-28(37)34-33-16-21-14-19(2)36(20(21)3)26-7-5-6-25(31)29(26)32/h5-16H,17H2,1-4H3,(H,34,37)/b33-16-. The molecule has 0 aliphatic rings. The molecule has 0 unspecified atom stereocenters. The summed E-state index contributed by atoms with van der Waals surface area (Å²) in [6.07, 6.45) is 1.50. The van der Waals surface area contributed by atoms with Crippen molar-refractivity contribution in [1.82, 2.24) is 9.99 Å². The van der Waals surface area contributed by atoms with E-state index in [1.807, 2.05) is 43.5 Å². The van der Waals surface area contributed by atoms with Crippen LogP contribution in [-0.4, -0.2) is 38.8 Å². The normalized spacial score (nSPS) is 11.6. The fraction of sp³-hybridized carbons (Fsp3) is 0.172. The molecule has 3 aromatic carbocycles. The number of hydrogen-bond acceptors (Lipinski definition) is 5. The molecule has 4 rings (SSSR count). The largest absolute Gasteiger partial charge is 0.496 e. The molecule has 41 heavy (non-hydrogen) atoms. The second-order valence-electron chi connectivity index (χ2n) is 9.17. The molecule has 0 aliphatic carbocycles. The molecule has 214 valence electrons. The van der Waals surface area contributed by atoms with Gasteiger partial charge in [0.2, 0.25) is 0 Å². The van der Waals surface area contributed by atoms with E-state index in [0.717, 1.165) is 32.5 Å². The van der Waals surface area contributed by atoms with Crippen LogP contribution in [0, 0.1) is 20.8 Å². The van der Waals surface area contributed by atoms with Gasteiger partial charge in [0, 0.05) is 17.0 Å². The van der Waals surface area contributed by atoms with E-state index in [1.165, 1.54) is 25.5 Å². The molecule has 0 saturated heterocycles. The van der Waals surface area contributed by atoms with Crippen LogP contribution in [0.2, 0.25) is 10.0 Å². The third kappa shape index (κ3) is 6.62. The van der Waals surface area contributed by atoms with E-state index in [-0.39, 0.29) is 4.90 Å². The van der Waals surface area contributed by atoms with Gasteiger partial charge in [-0.1, -0.05) is 47.0 Å². The lowest BCUT2D eigenvalue weighted by atomic mass is 10.2. The van der Waals surface area contributed by atoms with Gasteiger partial charge in [0.05, 0.1) is 44.1 Å². The maximum atomic E-state index is 13.7. The van der Waals surface area contributed by atoms with E-state index < -0.39 is 22.5 Å². The molecule has 0 atom stereocenters. The summed E-state index contributed by atoms with van der Waals surface area (Å²) in [6.45, 7) is 5.21. The minimum absolute atomic E-state index is 0.00540. The van der Waals surface area contributed by atoms with Gasteiger partial charge in [-0.2, -0.15) is 5.10 Å². The number of rotatable bonds is 9. The van der Waals surface area contributed by atoms with Crippen LogP contribution in [-0.2, 0) is 14.8 Å². The first-order valence-electron chi connectivity index (χ1n) is 12.3. The summed E-state index contributed by atoms with van der Waals surface area (Å²) in [7, 11) is -2.64. The van der Waals surface area contributed by atoms with Crippen molar-refractivity contribution in [3.8, 4) is 11.4 Å². The Labute approximate surface area is 257 Å². The highest BCUT2D eigenvalue weighted by molar-refractivity contribution is 9.10. The van der Waals surface area contributed by atoms with E-state index in [0.29, 0.717) is 26.0 Å². The summed E-state index contributed by atoms with van der Waals surface area (Å²) in [5.41, 5.74) is 6.92. The third-order valence-electron chi connectivity index (χ3n) is 6.36. The van der Waals surface area contributed by atoms with Crippen LogP contribution in [0.15, 0.2) is 81.2 Å². The number of carbonyl (C=O) groups is 1. The van der Waals surface area contributed by atoms with Crippen LogP contribution in [0.3, 0.4) is 0 Å². The summed E-state index contributed by atoms with van der Waals surface area (Å²) in [5, 5.41) is 4.96. The molecule has 0 spiro atoms. The number of anilines is 1. The Bertz CT molecular complexity index is 1740. The number of aromatic nitrogens is 1. The van der Waals surface area contributed by atoms with Crippen molar-refractivity contribution in [3.63, 3.8) is 0 Å². The monoisotopic (exact) mass is 676 g/mol. The summed E-state index contributed by atoms with van der Waals surface area (Å²) in [5.74, 6) is -0.139. The van der Waals surface area contributed by atoms with Crippen LogP contribution in [0.5, 0.6) is 5.75 Å². The lowest BCUT2D eigenvalue weighted by Crippen LogP contribution is -2.39. The quantitative estimate of drug-likeness (QED) is 0.155. The number of nitrogens with one attached hydrogen (secondary N) is 1. The highest BCUT2D eigenvalue weighted by Gasteiger charge is 2.28. The molecule has 0 bridgehead atoms. The number of ether oxygens (including phenoxy) is 1. The number of nitrogens with zero attached hydrogens (tertiary/aromatic N) is 3. The van der Waals surface area contributed by atoms with Crippen LogP contribution in [0.4, 0.5) is 5.69 Å². The number of benzene rings is 3. The van der Waals surface area contributed by atoms with Gasteiger partial charge < -0.3 is 9.30 Å². The van der Waals surface area contributed by atoms with Gasteiger partial charge in [0.25, 0.3) is 15.9 Å². The van der Waals surface area contributed by atoms with Crippen molar-refractivity contribution in [2.24, 2.45) is 5.10 Å². The number of sulfonamides is 1. The van der Waals surface area contributed by atoms with Crippen molar-refractivity contribution in [2.45, 2.75) is 25.7 Å². The molecule has 1 heterocycles. The van der Waals surface area contributed by atoms with E-state index in [2.05, 4.69) is 26.5 Å². The van der Waals surface area contributed by atoms with Crippen molar-refractivity contribution >= 4 is 67.0 Å². The number of aryl methyl sites for hydroxylation is 2.